The van der Waals surface area contributed by atoms with Crippen molar-refractivity contribution in [2.45, 2.75) is 30.7 Å². The van der Waals surface area contributed by atoms with Crippen molar-refractivity contribution in [1.82, 2.24) is 30.2 Å². The van der Waals surface area contributed by atoms with Gasteiger partial charge in [-0.1, -0.05) is 66.7 Å². The fourth-order valence-corrected chi connectivity index (χ4v) is 6.76. The molecule has 8 rings (SSSR count). The van der Waals surface area contributed by atoms with Gasteiger partial charge in [-0.2, -0.15) is 0 Å². The second kappa shape index (κ2) is 11.7. The number of carboxylic acids is 1. The fourth-order valence-electron chi connectivity index (χ4n) is 6.76. The monoisotopic (exact) mass is 647 g/mol. The van der Waals surface area contributed by atoms with E-state index in [1.807, 2.05) is 66.7 Å². The molecule has 242 valence electrons. The highest BCUT2D eigenvalue weighted by molar-refractivity contribution is 5.98. The number of urea groups is 1. The zero-order valence-electron chi connectivity index (χ0n) is 25.3. The van der Waals surface area contributed by atoms with Gasteiger partial charge in [0.2, 0.25) is 5.88 Å². The molecule has 5 aromatic rings. The molecule has 0 spiro atoms. The summed E-state index contributed by atoms with van der Waals surface area (Å²) in [4.78, 5) is 53.1. The molecule has 2 aromatic heterocycles. The average Bonchev–Trinajstić information content (AvgIpc) is 3.91. The molecule has 14 heteroatoms. The van der Waals surface area contributed by atoms with Crippen LogP contribution in [0.15, 0.2) is 91.2 Å². The molecule has 3 aromatic carbocycles. The van der Waals surface area contributed by atoms with Crippen LogP contribution >= 0.6 is 0 Å². The van der Waals surface area contributed by atoms with Crippen LogP contribution in [-0.2, 0) is 35.9 Å². The zero-order valence-corrected chi connectivity index (χ0v) is 25.3. The van der Waals surface area contributed by atoms with E-state index in [9.17, 15) is 19.5 Å². The summed E-state index contributed by atoms with van der Waals surface area (Å²) in [6.07, 6.45) is 0.875. The maximum absolute atomic E-state index is 14.4. The molecule has 0 radical (unpaired) electrons. The number of amides is 2. The summed E-state index contributed by atoms with van der Waals surface area (Å²) in [6, 6.07) is 22.0. The maximum Gasteiger partial charge on any atom is 0.329 e. The van der Waals surface area contributed by atoms with Gasteiger partial charge in [0.1, 0.15) is 12.7 Å². The zero-order chi connectivity index (χ0) is 32.8. The first-order chi connectivity index (χ1) is 23.4. The van der Waals surface area contributed by atoms with Crippen LogP contribution in [0.2, 0.25) is 0 Å². The van der Waals surface area contributed by atoms with Crippen molar-refractivity contribution in [3.63, 3.8) is 0 Å². The van der Waals surface area contributed by atoms with E-state index in [1.54, 1.807) is 6.07 Å². The van der Waals surface area contributed by atoms with Gasteiger partial charge in [0, 0.05) is 6.54 Å². The van der Waals surface area contributed by atoms with Crippen LogP contribution in [0.3, 0.4) is 0 Å². The van der Waals surface area contributed by atoms with E-state index < -0.39 is 41.4 Å². The summed E-state index contributed by atoms with van der Waals surface area (Å²) in [7, 11) is 0. The Kier molecular flexibility index (Phi) is 7.22. The SMILES string of the molecule is O=C(NCc1ccccc1)Nc1ncnc2c1ncn2C1=C2OCOC2C(C(=O)C2CCNC2(C(=O)O)c2ccc3ccccc3c2)O1. The number of nitrogens with one attached hydrogen (secondary N) is 3. The second-order valence-corrected chi connectivity index (χ2v) is 11.7. The molecule has 4 unspecified atom stereocenters. The quantitative estimate of drug-likeness (QED) is 0.194. The molecule has 2 fully saturated rings. The van der Waals surface area contributed by atoms with Crippen molar-refractivity contribution in [3.8, 4) is 0 Å². The Morgan fingerprint density at radius 3 is 2.65 bits per heavy atom. The van der Waals surface area contributed by atoms with Gasteiger partial charge in [0.05, 0.1) is 5.92 Å². The lowest BCUT2D eigenvalue weighted by Gasteiger charge is -2.33. The third-order valence-electron chi connectivity index (χ3n) is 9.05. The Hall–Kier alpha value is -5.86. The topological polar surface area (TPSA) is 179 Å². The van der Waals surface area contributed by atoms with Gasteiger partial charge < -0.3 is 24.6 Å². The number of anilines is 1. The molecular formula is C34H29N7O7. The van der Waals surface area contributed by atoms with E-state index in [4.69, 9.17) is 14.2 Å². The third kappa shape index (κ3) is 4.80. The van der Waals surface area contributed by atoms with E-state index in [2.05, 4.69) is 30.9 Å². The Morgan fingerprint density at radius 2 is 1.81 bits per heavy atom. The Balaban J connectivity index is 1.07. The Bertz CT molecular complexity index is 2120. The highest BCUT2D eigenvalue weighted by atomic mass is 16.7. The number of carboxylic acid groups (broad SMARTS) is 1. The molecule has 0 bridgehead atoms. The molecule has 14 nitrogen and oxygen atoms in total. The number of carbonyl (C=O) groups is 3. The number of rotatable bonds is 8. The van der Waals surface area contributed by atoms with Crippen molar-refractivity contribution < 1.29 is 33.7 Å². The number of fused-ring (bicyclic) bond motifs is 3. The van der Waals surface area contributed by atoms with Crippen LogP contribution in [0.25, 0.3) is 27.8 Å². The third-order valence-corrected chi connectivity index (χ3v) is 9.05. The standard InChI is InChI=1S/C34H29N7O7/c42-25(23-12-13-39-34(23,32(43)44)22-11-10-20-8-4-5-9-21(20)14-22)26-27-28(47-18-46-27)31(48-26)41-17-38-24-29(36-16-37-30(24)41)40-33(45)35-15-19-6-2-1-3-7-19/h1-11,14,16-17,23,26-27,39H,12-13,15,18H2,(H,43,44)(H2,35,36,37,40,45). The van der Waals surface area contributed by atoms with Crippen molar-refractivity contribution in [3.05, 3.63) is 102 Å². The molecule has 48 heavy (non-hydrogen) atoms. The molecule has 4 N–H and O–H groups in total. The number of imidazole rings is 1. The number of ether oxygens (including phenoxy) is 3. The van der Waals surface area contributed by atoms with Gasteiger partial charge in [-0.25, -0.2) is 29.1 Å². The minimum atomic E-state index is -1.68. The minimum absolute atomic E-state index is 0.121. The predicted molar refractivity (Wildman–Crippen MR) is 171 cm³/mol. The number of carbonyl (C=O) groups excluding carboxylic acids is 2. The van der Waals surface area contributed by atoms with Crippen molar-refractivity contribution in [1.29, 1.82) is 0 Å². The van der Waals surface area contributed by atoms with Gasteiger partial charge in [-0.05, 0) is 40.9 Å². The summed E-state index contributed by atoms with van der Waals surface area (Å²) < 4.78 is 19.4. The average molecular weight is 648 g/mol. The first-order valence-corrected chi connectivity index (χ1v) is 15.4. The van der Waals surface area contributed by atoms with Gasteiger partial charge in [-0.3, -0.25) is 15.4 Å². The summed E-state index contributed by atoms with van der Waals surface area (Å²) in [5.74, 6) is -2.01. The van der Waals surface area contributed by atoms with Gasteiger partial charge in [-0.15, -0.1) is 0 Å². The van der Waals surface area contributed by atoms with E-state index in [0.29, 0.717) is 18.7 Å². The van der Waals surface area contributed by atoms with Crippen LogP contribution < -0.4 is 16.0 Å². The van der Waals surface area contributed by atoms with Crippen molar-refractivity contribution in [2.75, 3.05) is 18.7 Å². The minimum Gasteiger partial charge on any atom is -0.480 e. The summed E-state index contributed by atoms with van der Waals surface area (Å²) >= 11 is 0. The van der Waals surface area contributed by atoms with Gasteiger partial charge in [0.15, 0.2) is 53.1 Å². The predicted octanol–water partition coefficient (Wildman–Crippen LogP) is 3.36. The summed E-state index contributed by atoms with van der Waals surface area (Å²) in [5, 5.41) is 21.1. The normalized spacial score (nSPS) is 23.1. The molecule has 2 amide bonds. The van der Waals surface area contributed by atoms with E-state index >= 15 is 0 Å². The lowest BCUT2D eigenvalue weighted by Crippen LogP contribution is -2.54. The number of aromatic nitrogens is 4. The van der Waals surface area contributed by atoms with Crippen LogP contribution in [0.1, 0.15) is 17.5 Å². The van der Waals surface area contributed by atoms with Gasteiger partial charge in [0.25, 0.3) is 0 Å². The van der Waals surface area contributed by atoms with E-state index in [-0.39, 0.29) is 41.8 Å². The van der Waals surface area contributed by atoms with Crippen molar-refractivity contribution >= 4 is 51.4 Å². The number of hydrogen-bond acceptors (Lipinski definition) is 10. The van der Waals surface area contributed by atoms with Crippen molar-refractivity contribution in [2.24, 2.45) is 5.92 Å². The molecule has 3 aliphatic heterocycles. The Morgan fingerprint density at radius 1 is 1.00 bits per heavy atom. The number of ketones is 1. The lowest BCUT2D eigenvalue weighted by molar-refractivity contribution is -0.152. The molecular weight excluding hydrogens is 618 g/mol. The van der Waals surface area contributed by atoms with E-state index in [1.165, 1.54) is 17.2 Å². The molecule has 4 atom stereocenters. The summed E-state index contributed by atoms with van der Waals surface area (Å²) in [6.45, 7) is 0.508. The maximum atomic E-state index is 14.4. The van der Waals surface area contributed by atoms with Crippen LogP contribution in [0.5, 0.6) is 0 Å². The first-order valence-electron chi connectivity index (χ1n) is 15.4. The van der Waals surface area contributed by atoms with Gasteiger partial charge >= 0.3 is 12.0 Å². The molecule has 2 saturated heterocycles. The number of benzene rings is 3. The smallest absolute Gasteiger partial charge is 0.329 e. The van der Waals surface area contributed by atoms with Crippen LogP contribution in [-0.4, -0.2) is 68.0 Å². The highest BCUT2D eigenvalue weighted by Crippen LogP contribution is 2.44. The first kappa shape index (κ1) is 29.5. The second-order valence-electron chi connectivity index (χ2n) is 11.7. The summed E-state index contributed by atoms with van der Waals surface area (Å²) in [5.41, 5.74) is 0.288. The van der Waals surface area contributed by atoms with Crippen LogP contribution in [0, 0.1) is 5.92 Å². The molecule has 0 saturated carbocycles. The fraction of sp³-hybridized carbons (Fsp3) is 0.235. The lowest BCUT2D eigenvalue weighted by atomic mass is 9.75. The number of nitrogens with zero attached hydrogens (tertiary/aromatic N) is 4. The number of aliphatic carboxylic acids is 1. The Labute approximate surface area is 272 Å². The molecule has 3 aliphatic rings. The molecule has 5 heterocycles. The largest absolute Gasteiger partial charge is 0.480 e. The molecule has 0 aliphatic carbocycles. The number of hydrogen-bond donors (Lipinski definition) is 4. The van der Waals surface area contributed by atoms with Crippen LogP contribution in [0.4, 0.5) is 10.6 Å². The highest BCUT2D eigenvalue weighted by Gasteiger charge is 2.59. The number of Topliss-reactive ketones (excluding diaryl/α,β-unsaturated/α-hetero) is 1. The van der Waals surface area contributed by atoms with E-state index in [0.717, 1.165) is 16.3 Å².